The van der Waals surface area contributed by atoms with Gasteiger partial charge in [0.25, 0.3) is 5.91 Å². The summed E-state index contributed by atoms with van der Waals surface area (Å²) in [4.78, 5) is 27.4. The zero-order valence-electron chi connectivity index (χ0n) is 14.4. The van der Waals surface area contributed by atoms with Gasteiger partial charge in [-0.3, -0.25) is 4.79 Å². The quantitative estimate of drug-likeness (QED) is 0.843. The van der Waals surface area contributed by atoms with Crippen molar-refractivity contribution in [3.8, 4) is 0 Å². The zero-order valence-corrected chi connectivity index (χ0v) is 15.3. The molecule has 0 saturated carbocycles. The van der Waals surface area contributed by atoms with E-state index in [2.05, 4.69) is 10.2 Å². The fraction of sp³-hybridized carbons (Fsp3) is 0.368. The van der Waals surface area contributed by atoms with E-state index in [1.54, 1.807) is 19.2 Å². The van der Waals surface area contributed by atoms with Crippen molar-refractivity contribution in [2.24, 2.45) is 0 Å². The normalized spacial score (nSPS) is 16.3. The molecule has 1 saturated heterocycles. The number of rotatable bonds is 5. The Hall–Kier alpha value is -2.38. The Bertz CT molecular complexity index is 853. The molecule has 1 fully saturated rings. The number of amides is 1. The van der Waals surface area contributed by atoms with E-state index in [9.17, 15) is 14.7 Å². The van der Waals surface area contributed by atoms with Crippen LogP contribution in [0.1, 0.15) is 37.6 Å². The Labute approximate surface area is 155 Å². The van der Waals surface area contributed by atoms with Gasteiger partial charge >= 0.3 is 5.97 Å². The van der Waals surface area contributed by atoms with Gasteiger partial charge in [0.15, 0.2) is 0 Å². The Morgan fingerprint density at radius 1 is 1.23 bits per heavy atom. The van der Waals surface area contributed by atoms with Crippen LogP contribution in [0.25, 0.3) is 0 Å². The van der Waals surface area contributed by atoms with Crippen molar-refractivity contribution in [3.63, 3.8) is 0 Å². The van der Waals surface area contributed by atoms with Crippen LogP contribution in [0.5, 0.6) is 0 Å². The van der Waals surface area contributed by atoms with Gasteiger partial charge in [0.05, 0.1) is 11.7 Å². The first-order chi connectivity index (χ1) is 12.6. The van der Waals surface area contributed by atoms with E-state index in [-0.39, 0.29) is 17.6 Å². The third kappa shape index (κ3) is 2.97. The number of carboxylic acids is 1. The maximum absolute atomic E-state index is 12.5. The van der Waals surface area contributed by atoms with Crippen molar-refractivity contribution in [1.29, 1.82) is 0 Å². The Morgan fingerprint density at radius 3 is 2.62 bits per heavy atom. The number of nitrogens with one attached hydrogen (secondary N) is 1. The molecule has 0 radical (unpaired) electrons. The summed E-state index contributed by atoms with van der Waals surface area (Å²) in [6, 6.07) is 7.36. The van der Waals surface area contributed by atoms with E-state index in [0.29, 0.717) is 10.6 Å². The first-order valence-electron chi connectivity index (χ1n) is 8.64. The summed E-state index contributed by atoms with van der Waals surface area (Å²) in [5, 5.41) is 12.8. The van der Waals surface area contributed by atoms with Crippen LogP contribution >= 0.6 is 11.3 Å². The van der Waals surface area contributed by atoms with Crippen LogP contribution in [0.4, 0.5) is 10.7 Å². The number of thiophene rings is 1. The lowest BCUT2D eigenvalue weighted by molar-refractivity contribution is 0.0697. The van der Waals surface area contributed by atoms with Gasteiger partial charge in [0.1, 0.15) is 5.00 Å². The van der Waals surface area contributed by atoms with Crippen molar-refractivity contribution < 1.29 is 19.4 Å². The Balaban J connectivity index is 1.48. The average molecular weight is 372 g/mol. The van der Waals surface area contributed by atoms with Gasteiger partial charge in [-0.15, -0.1) is 11.3 Å². The number of nitrogens with zero attached hydrogens (tertiary/aromatic N) is 1. The van der Waals surface area contributed by atoms with Crippen molar-refractivity contribution in [1.82, 2.24) is 0 Å². The number of carbonyl (C=O) groups is 2. The molecule has 1 aromatic heterocycles. The molecule has 6 nitrogen and oxygen atoms in total. The minimum atomic E-state index is -0.972. The molecule has 2 heterocycles. The molecule has 1 aliphatic carbocycles. The molecule has 2 N–H and O–H groups in total. The van der Waals surface area contributed by atoms with Crippen LogP contribution in [-0.4, -0.2) is 43.3 Å². The highest BCUT2D eigenvalue weighted by Gasteiger charge is 2.28. The van der Waals surface area contributed by atoms with Gasteiger partial charge in [-0.25, -0.2) is 4.79 Å². The fourth-order valence-corrected chi connectivity index (χ4v) is 4.79. The highest BCUT2D eigenvalue weighted by atomic mass is 32.1. The number of hydrogen-bond acceptors (Lipinski definition) is 5. The second-order valence-corrected chi connectivity index (χ2v) is 7.74. The summed E-state index contributed by atoms with van der Waals surface area (Å²) >= 11 is 1.39. The van der Waals surface area contributed by atoms with Crippen molar-refractivity contribution in [3.05, 3.63) is 45.8 Å². The summed E-state index contributed by atoms with van der Waals surface area (Å²) in [6.45, 7) is 1.70. The molecule has 2 aliphatic rings. The first-order valence-corrected chi connectivity index (χ1v) is 9.45. The lowest BCUT2D eigenvalue weighted by Gasteiger charge is -2.40. The number of carboxylic acid groups (broad SMARTS) is 1. The molecule has 1 amide bonds. The molecule has 26 heavy (non-hydrogen) atoms. The summed E-state index contributed by atoms with van der Waals surface area (Å²) in [5.41, 5.74) is 2.72. The summed E-state index contributed by atoms with van der Waals surface area (Å²) < 4.78 is 5.27. The van der Waals surface area contributed by atoms with E-state index in [0.717, 1.165) is 48.5 Å². The smallest absolute Gasteiger partial charge is 0.339 e. The van der Waals surface area contributed by atoms with Crippen LogP contribution in [-0.2, 0) is 17.6 Å². The van der Waals surface area contributed by atoms with E-state index < -0.39 is 5.97 Å². The monoisotopic (exact) mass is 372 g/mol. The van der Waals surface area contributed by atoms with Crippen LogP contribution in [0, 0.1) is 0 Å². The van der Waals surface area contributed by atoms with E-state index in [1.165, 1.54) is 11.3 Å². The topological polar surface area (TPSA) is 78.9 Å². The number of fused-ring (bicyclic) bond motifs is 1. The van der Waals surface area contributed by atoms with Crippen LogP contribution in [0.3, 0.4) is 0 Å². The Kier molecular flexibility index (Phi) is 4.42. The molecule has 0 bridgehead atoms. The molecule has 1 aliphatic heterocycles. The third-order valence-corrected chi connectivity index (χ3v) is 6.25. The van der Waals surface area contributed by atoms with Crippen LogP contribution < -0.4 is 10.2 Å². The summed E-state index contributed by atoms with van der Waals surface area (Å²) in [6.07, 6.45) is 2.92. The Morgan fingerprint density at radius 2 is 1.96 bits per heavy atom. The lowest BCUT2D eigenvalue weighted by Crippen LogP contribution is -2.51. The van der Waals surface area contributed by atoms with Crippen molar-refractivity contribution in [2.45, 2.75) is 25.4 Å². The molecule has 0 spiro atoms. The number of methoxy groups -OCH3 is 1. The van der Waals surface area contributed by atoms with Gasteiger partial charge in [-0.05, 0) is 49.1 Å². The molecular weight excluding hydrogens is 352 g/mol. The minimum absolute atomic E-state index is 0.263. The summed E-state index contributed by atoms with van der Waals surface area (Å²) in [7, 11) is 1.71. The second kappa shape index (κ2) is 6.74. The number of benzene rings is 1. The SMILES string of the molecule is COC1CN(c2ccc(C(=O)Nc3sc4c(c3C(=O)O)CCC4)cc2)C1. The second-order valence-electron chi connectivity index (χ2n) is 6.63. The maximum atomic E-state index is 12.5. The predicted molar refractivity (Wildman–Crippen MR) is 101 cm³/mol. The number of aromatic carboxylic acids is 1. The van der Waals surface area contributed by atoms with Crippen molar-refractivity contribution in [2.75, 3.05) is 30.4 Å². The van der Waals surface area contributed by atoms with Crippen LogP contribution in [0.2, 0.25) is 0 Å². The largest absolute Gasteiger partial charge is 0.478 e. The predicted octanol–water partition coefficient (Wildman–Crippen LogP) is 3.02. The van der Waals surface area contributed by atoms with Gasteiger partial charge in [-0.1, -0.05) is 0 Å². The molecule has 1 aromatic carbocycles. The molecule has 4 rings (SSSR count). The van der Waals surface area contributed by atoms with Crippen molar-refractivity contribution >= 4 is 33.9 Å². The molecule has 2 aromatic rings. The fourth-order valence-electron chi connectivity index (χ4n) is 3.52. The van der Waals surface area contributed by atoms with E-state index in [4.69, 9.17) is 4.74 Å². The number of aryl methyl sites for hydroxylation is 1. The number of ether oxygens (including phenoxy) is 1. The molecular formula is C19H20N2O4S. The van der Waals surface area contributed by atoms with Gasteiger partial charge < -0.3 is 20.1 Å². The highest BCUT2D eigenvalue weighted by Crippen LogP contribution is 2.39. The molecule has 7 heteroatoms. The number of hydrogen-bond donors (Lipinski definition) is 2. The maximum Gasteiger partial charge on any atom is 0.339 e. The first kappa shape index (κ1) is 17.1. The van der Waals surface area contributed by atoms with Gasteiger partial charge in [0, 0.05) is 36.3 Å². The molecule has 0 atom stereocenters. The number of carbonyl (C=O) groups excluding carboxylic acids is 1. The van der Waals surface area contributed by atoms with Gasteiger partial charge in [-0.2, -0.15) is 0 Å². The standard InChI is InChI=1S/C19H20N2O4S/c1-25-13-9-21(10-13)12-7-5-11(6-8-12)17(22)20-18-16(19(23)24)14-3-2-4-15(14)26-18/h5-8,13H,2-4,9-10H2,1H3,(H,20,22)(H,23,24). The minimum Gasteiger partial charge on any atom is -0.478 e. The number of anilines is 2. The lowest BCUT2D eigenvalue weighted by atomic mass is 10.1. The summed E-state index contributed by atoms with van der Waals surface area (Å²) in [5.74, 6) is -1.25. The zero-order chi connectivity index (χ0) is 18.3. The van der Waals surface area contributed by atoms with Gasteiger partial charge in [0.2, 0.25) is 0 Å². The average Bonchev–Trinajstić information content (AvgIpc) is 3.14. The van der Waals surface area contributed by atoms with E-state index in [1.807, 2.05) is 12.1 Å². The molecule has 136 valence electrons. The third-order valence-electron chi connectivity index (χ3n) is 5.04. The van der Waals surface area contributed by atoms with E-state index >= 15 is 0 Å². The highest BCUT2D eigenvalue weighted by molar-refractivity contribution is 7.17. The molecule has 0 unspecified atom stereocenters. The van der Waals surface area contributed by atoms with Crippen LogP contribution in [0.15, 0.2) is 24.3 Å².